The number of carboxylic acids is 1. The normalized spacial score (nSPS) is 15.1. The molecule has 0 saturated heterocycles. The molecule has 1 aromatic rings. The molecule has 0 amide bonds. The molecule has 0 spiro atoms. The summed E-state index contributed by atoms with van der Waals surface area (Å²) in [5, 5.41) is 10.3. The number of rotatable bonds is 3. The first-order valence-electron chi connectivity index (χ1n) is 5.68. The number of carbonyl (C=O) groups excluding carboxylic acids is 1. The van der Waals surface area contributed by atoms with Crippen LogP contribution in [0.15, 0.2) is 52.9 Å². The first-order valence-corrected chi connectivity index (χ1v) is 5.68. The van der Waals surface area contributed by atoms with Crippen LogP contribution in [0.1, 0.15) is 6.42 Å². The maximum absolute atomic E-state index is 11.4. The molecular weight excluding hydrogens is 246 g/mol. The average Bonchev–Trinajstić information content (AvgIpc) is 2.88. The van der Waals surface area contributed by atoms with E-state index in [1.54, 1.807) is 12.2 Å². The minimum absolute atomic E-state index is 0.356. The molecule has 3 rings (SSSR count). The molecule has 1 aliphatic heterocycles. The number of esters is 1. The lowest BCUT2D eigenvalue weighted by molar-refractivity contribution is -0.148. The third-order valence-electron chi connectivity index (χ3n) is 2.83. The lowest BCUT2D eigenvalue weighted by atomic mass is 10.1. The maximum Gasteiger partial charge on any atom is 0.322 e. The predicted octanol–water partition coefficient (Wildman–Crippen LogP) is 0.270. The molecule has 1 aromatic carbocycles. The largest absolute Gasteiger partial charge is 0.481 e. The van der Waals surface area contributed by atoms with Crippen molar-refractivity contribution < 1.29 is 19.4 Å². The number of fused-ring (bicyclic) bond motifs is 2. The molecule has 2 aliphatic rings. The molecule has 0 bridgehead atoms. The average molecular weight is 255 g/mol. The number of hydrogen-bond donors (Lipinski definition) is 1. The van der Waals surface area contributed by atoms with E-state index in [0.29, 0.717) is 5.76 Å². The Kier molecular flexibility index (Phi) is 2.52. The fourth-order valence-corrected chi connectivity index (χ4v) is 2.09. The van der Waals surface area contributed by atoms with Crippen LogP contribution in [0.4, 0.5) is 0 Å². The van der Waals surface area contributed by atoms with Crippen LogP contribution < -0.4 is 10.6 Å². The molecular formula is C14H9NO4. The topological polar surface area (TPSA) is 76.0 Å². The van der Waals surface area contributed by atoms with E-state index in [1.807, 2.05) is 24.3 Å². The summed E-state index contributed by atoms with van der Waals surface area (Å²) in [5.41, 5.74) is 1.48. The number of carboxylic acid groups (broad SMARTS) is 1. The zero-order valence-corrected chi connectivity index (χ0v) is 9.79. The van der Waals surface area contributed by atoms with Gasteiger partial charge in [-0.15, -0.1) is 0 Å². The molecule has 1 heterocycles. The number of para-hydroxylation sites is 1. The van der Waals surface area contributed by atoms with E-state index in [0.717, 1.165) is 21.8 Å². The van der Waals surface area contributed by atoms with Crippen LogP contribution in [-0.2, 0) is 14.3 Å². The van der Waals surface area contributed by atoms with Crippen LogP contribution in [0.3, 0.4) is 0 Å². The zero-order valence-electron chi connectivity index (χ0n) is 9.79. The van der Waals surface area contributed by atoms with Gasteiger partial charge in [-0.25, -0.2) is 4.99 Å². The van der Waals surface area contributed by atoms with Crippen molar-refractivity contribution in [2.24, 2.45) is 4.99 Å². The summed E-state index contributed by atoms with van der Waals surface area (Å²) in [5.74, 6) is -1.64. The van der Waals surface area contributed by atoms with E-state index in [9.17, 15) is 9.59 Å². The van der Waals surface area contributed by atoms with Gasteiger partial charge in [-0.1, -0.05) is 18.2 Å². The van der Waals surface area contributed by atoms with Gasteiger partial charge < -0.3 is 9.84 Å². The van der Waals surface area contributed by atoms with Gasteiger partial charge in [0.1, 0.15) is 12.2 Å². The minimum Gasteiger partial charge on any atom is -0.481 e. The molecule has 0 saturated carbocycles. The number of benzene rings is 1. The summed E-state index contributed by atoms with van der Waals surface area (Å²) in [6.45, 7) is 0. The lowest BCUT2D eigenvalue weighted by Crippen LogP contribution is -2.23. The summed E-state index contributed by atoms with van der Waals surface area (Å²) in [4.78, 5) is 26.2. The number of allylic oxidation sites excluding steroid dienone is 2. The molecule has 0 fully saturated rings. The van der Waals surface area contributed by atoms with Crippen molar-refractivity contribution >= 4 is 17.5 Å². The van der Waals surface area contributed by atoms with E-state index in [-0.39, 0.29) is 0 Å². The number of ether oxygens (including phenoxy) is 1. The van der Waals surface area contributed by atoms with Crippen molar-refractivity contribution in [3.63, 3.8) is 0 Å². The number of nitrogens with zero attached hydrogens (tertiary/aromatic N) is 1. The van der Waals surface area contributed by atoms with Gasteiger partial charge in [-0.2, -0.15) is 0 Å². The van der Waals surface area contributed by atoms with Crippen LogP contribution in [0, 0.1) is 0 Å². The van der Waals surface area contributed by atoms with Crippen molar-refractivity contribution in [3.8, 4) is 0 Å². The third-order valence-corrected chi connectivity index (χ3v) is 2.83. The Morgan fingerprint density at radius 1 is 1.21 bits per heavy atom. The fourth-order valence-electron chi connectivity index (χ4n) is 2.09. The van der Waals surface area contributed by atoms with Gasteiger partial charge in [0.2, 0.25) is 0 Å². The van der Waals surface area contributed by atoms with Crippen LogP contribution >= 0.6 is 0 Å². The molecule has 1 N–H and O–H groups in total. The Morgan fingerprint density at radius 2 is 2.00 bits per heavy atom. The van der Waals surface area contributed by atoms with E-state index in [2.05, 4.69) is 4.99 Å². The quantitative estimate of drug-likeness (QED) is 0.621. The Labute approximate surface area is 107 Å². The Morgan fingerprint density at radius 3 is 2.79 bits per heavy atom. The predicted molar refractivity (Wildman–Crippen MR) is 65.1 cm³/mol. The molecule has 19 heavy (non-hydrogen) atoms. The summed E-state index contributed by atoms with van der Waals surface area (Å²) < 4.78 is 5.09. The van der Waals surface area contributed by atoms with Gasteiger partial charge in [-0.05, 0) is 18.2 Å². The Hall–Kier alpha value is -2.69. The molecule has 0 radical (unpaired) electrons. The van der Waals surface area contributed by atoms with Gasteiger partial charge >= 0.3 is 11.9 Å². The van der Waals surface area contributed by atoms with Crippen LogP contribution in [0.5, 0.6) is 0 Å². The summed E-state index contributed by atoms with van der Waals surface area (Å²) >= 11 is 0. The van der Waals surface area contributed by atoms with Gasteiger partial charge in [0.15, 0.2) is 0 Å². The third kappa shape index (κ3) is 1.95. The minimum atomic E-state index is -1.21. The summed E-state index contributed by atoms with van der Waals surface area (Å²) in [6, 6.07) is 7.51. The number of hydrogen-bond acceptors (Lipinski definition) is 4. The molecule has 5 nitrogen and oxygen atoms in total. The van der Waals surface area contributed by atoms with E-state index < -0.39 is 18.4 Å². The first-order chi connectivity index (χ1) is 9.15. The SMILES string of the molecule is O=C(O)CC(=O)OC1=CC=C2N=c3ccccc3=C21. The molecule has 5 heteroatoms. The zero-order chi connectivity index (χ0) is 13.4. The molecule has 94 valence electrons. The van der Waals surface area contributed by atoms with Crippen molar-refractivity contribution in [2.75, 3.05) is 0 Å². The lowest BCUT2D eigenvalue weighted by Gasteiger charge is -2.05. The standard InChI is InChI=1S/C14H9NO4/c16-12(17)7-13(18)19-11-6-5-10-14(11)8-3-1-2-4-9(8)15-10/h1-6H,7H2,(H,16,17). The van der Waals surface area contributed by atoms with Gasteiger partial charge in [0.05, 0.1) is 16.6 Å². The smallest absolute Gasteiger partial charge is 0.322 e. The monoisotopic (exact) mass is 255 g/mol. The Bertz CT molecular complexity index is 771. The maximum atomic E-state index is 11.4. The highest BCUT2D eigenvalue weighted by Gasteiger charge is 2.24. The van der Waals surface area contributed by atoms with Crippen LogP contribution in [0.2, 0.25) is 0 Å². The fraction of sp³-hybridized carbons (Fsp3) is 0.0714. The second-order valence-corrected chi connectivity index (χ2v) is 4.13. The summed E-state index contributed by atoms with van der Waals surface area (Å²) in [7, 11) is 0. The number of carbonyl (C=O) groups is 2. The number of aliphatic carboxylic acids is 1. The van der Waals surface area contributed by atoms with Gasteiger partial charge in [0, 0.05) is 5.22 Å². The highest BCUT2D eigenvalue weighted by Crippen LogP contribution is 2.29. The van der Waals surface area contributed by atoms with Crippen LogP contribution in [0.25, 0.3) is 5.57 Å². The van der Waals surface area contributed by atoms with E-state index in [1.165, 1.54) is 0 Å². The molecule has 0 aromatic heterocycles. The van der Waals surface area contributed by atoms with Crippen molar-refractivity contribution in [2.45, 2.75) is 6.42 Å². The second-order valence-electron chi connectivity index (χ2n) is 4.13. The van der Waals surface area contributed by atoms with E-state index in [4.69, 9.17) is 9.84 Å². The molecule has 0 unspecified atom stereocenters. The highest BCUT2D eigenvalue weighted by molar-refractivity contribution is 5.93. The highest BCUT2D eigenvalue weighted by atomic mass is 16.5. The van der Waals surface area contributed by atoms with Gasteiger partial charge in [-0.3, -0.25) is 9.59 Å². The van der Waals surface area contributed by atoms with Gasteiger partial charge in [0.25, 0.3) is 0 Å². The molecule has 0 atom stereocenters. The first kappa shape index (κ1) is 11.4. The molecule has 1 aliphatic carbocycles. The Balaban J connectivity index is 1.95. The second kappa shape index (κ2) is 4.20. The van der Waals surface area contributed by atoms with E-state index >= 15 is 0 Å². The van der Waals surface area contributed by atoms with Crippen molar-refractivity contribution in [1.82, 2.24) is 0 Å². The van der Waals surface area contributed by atoms with Crippen molar-refractivity contribution in [1.29, 1.82) is 0 Å². The van der Waals surface area contributed by atoms with Crippen LogP contribution in [-0.4, -0.2) is 17.0 Å². The van der Waals surface area contributed by atoms with Crippen molar-refractivity contribution in [3.05, 3.63) is 58.4 Å². The summed E-state index contributed by atoms with van der Waals surface area (Å²) in [6.07, 6.45) is 2.72.